The third-order valence-electron chi connectivity index (χ3n) is 3.28. The summed E-state index contributed by atoms with van der Waals surface area (Å²) < 4.78 is 31.7. The molecule has 1 rings (SSSR count). The maximum atomic E-state index is 12.3. The van der Waals surface area contributed by atoms with Crippen LogP contribution >= 0.6 is 0 Å². The molecule has 0 aliphatic carbocycles. The molecule has 0 aliphatic rings. The van der Waals surface area contributed by atoms with Gasteiger partial charge in [-0.15, -0.1) is 0 Å². The number of nitrogens with one attached hydrogen (secondary N) is 2. The first kappa shape index (κ1) is 20.1. The third-order valence-corrected chi connectivity index (χ3v) is 5.07. The van der Waals surface area contributed by atoms with Gasteiger partial charge in [-0.25, -0.2) is 13.2 Å². The number of nitrogens with zero attached hydrogens (tertiary/aromatic N) is 1. The molecule has 24 heavy (non-hydrogen) atoms. The predicted molar refractivity (Wildman–Crippen MR) is 84.8 cm³/mol. The SMILES string of the molecule is Cc1noc(C)c1S(=O)(=O)NC(C)C(=O)N[C@@H](CC(C)C)C(=O)O. The summed E-state index contributed by atoms with van der Waals surface area (Å²) in [7, 11) is -4.02. The quantitative estimate of drug-likeness (QED) is 0.615. The van der Waals surface area contributed by atoms with E-state index in [0.29, 0.717) is 0 Å². The van der Waals surface area contributed by atoms with Crippen LogP contribution in [-0.4, -0.2) is 42.6 Å². The Morgan fingerprint density at radius 3 is 2.25 bits per heavy atom. The van der Waals surface area contributed by atoms with Crippen LogP contribution < -0.4 is 10.0 Å². The maximum Gasteiger partial charge on any atom is 0.326 e. The zero-order valence-electron chi connectivity index (χ0n) is 14.3. The summed E-state index contributed by atoms with van der Waals surface area (Å²) in [6, 6.07) is -2.23. The van der Waals surface area contributed by atoms with Gasteiger partial charge >= 0.3 is 5.97 Å². The van der Waals surface area contributed by atoms with Crippen LogP contribution in [0.25, 0.3) is 0 Å². The molecule has 1 aromatic heterocycles. The molecule has 0 fully saturated rings. The summed E-state index contributed by atoms with van der Waals surface area (Å²) in [5, 5.41) is 15.0. The monoisotopic (exact) mass is 361 g/mol. The molecule has 1 heterocycles. The second-order valence-electron chi connectivity index (χ2n) is 6.03. The Balaban J connectivity index is 2.85. The summed E-state index contributed by atoms with van der Waals surface area (Å²) in [4.78, 5) is 23.2. The molecule has 0 saturated heterocycles. The molecule has 1 amide bonds. The highest BCUT2D eigenvalue weighted by Gasteiger charge is 2.30. The minimum Gasteiger partial charge on any atom is -0.480 e. The molecule has 3 N–H and O–H groups in total. The van der Waals surface area contributed by atoms with Crippen molar-refractivity contribution in [2.45, 2.75) is 58.0 Å². The molecule has 1 aromatic rings. The molecule has 9 nitrogen and oxygen atoms in total. The van der Waals surface area contributed by atoms with Gasteiger partial charge in [-0.2, -0.15) is 4.72 Å². The van der Waals surface area contributed by atoms with Gasteiger partial charge in [-0.05, 0) is 33.1 Å². The summed E-state index contributed by atoms with van der Waals surface area (Å²) in [6.45, 7) is 7.90. The average Bonchev–Trinajstić information content (AvgIpc) is 2.76. The van der Waals surface area contributed by atoms with Crippen LogP contribution in [0.1, 0.15) is 38.6 Å². The van der Waals surface area contributed by atoms with E-state index in [0.717, 1.165) is 0 Å². The fourth-order valence-corrected chi connectivity index (χ4v) is 3.73. The number of carboxylic acids is 1. The van der Waals surface area contributed by atoms with Gasteiger partial charge in [0.15, 0.2) is 5.76 Å². The number of carbonyl (C=O) groups is 2. The minimum absolute atomic E-state index is 0.0562. The molecule has 10 heteroatoms. The van der Waals surface area contributed by atoms with Crippen molar-refractivity contribution in [3.63, 3.8) is 0 Å². The van der Waals surface area contributed by atoms with Crippen molar-refractivity contribution < 1.29 is 27.6 Å². The van der Waals surface area contributed by atoms with Crippen LogP contribution in [0.4, 0.5) is 0 Å². The van der Waals surface area contributed by atoms with Crippen LogP contribution in [0.5, 0.6) is 0 Å². The fourth-order valence-electron chi connectivity index (χ4n) is 2.19. The molecule has 0 bridgehead atoms. The Bertz CT molecular complexity index is 691. The van der Waals surface area contributed by atoms with Crippen molar-refractivity contribution in [2.24, 2.45) is 5.92 Å². The summed E-state index contributed by atoms with van der Waals surface area (Å²) >= 11 is 0. The summed E-state index contributed by atoms with van der Waals surface area (Å²) in [5.74, 6) is -1.73. The van der Waals surface area contributed by atoms with E-state index in [-0.39, 0.29) is 28.7 Å². The Labute approximate surface area is 140 Å². The van der Waals surface area contributed by atoms with Crippen LogP contribution in [0, 0.1) is 19.8 Å². The lowest BCUT2D eigenvalue weighted by Crippen LogP contribution is -2.50. The third kappa shape index (κ3) is 5.03. The predicted octanol–water partition coefficient (Wildman–Crippen LogP) is 0.574. The Morgan fingerprint density at radius 2 is 1.83 bits per heavy atom. The maximum absolute atomic E-state index is 12.3. The highest BCUT2D eigenvalue weighted by molar-refractivity contribution is 7.89. The van der Waals surface area contributed by atoms with E-state index in [1.54, 1.807) is 0 Å². The van der Waals surface area contributed by atoms with E-state index in [4.69, 9.17) is 9.63 Å². The minimum atomic E-state index is -4.02. The van der Waals surface area contributed by atoms with Crippen molar-refractivity contribution in [3.05, 3.63) is 11.5 Å². The number of aryl methyl sites for hydroxylation is 2. The molecular weight excluding hydrogens is 338 g/mol. The number of aromatic nitrogens is 1. The standard InChI is InChI=1S/C14H23N3O6S/c1-7(2)6-11(14(19)20)15-13(18)9(4)17-24(21,22)12-8(3)16-23-10(12)5/h7,9,11,17H,6H2,1-5H3,(H,15,18)(H,19,20)/t9?,11-/m0/s1. The van der Waals surface area contributed by atoms with E-state index < -0.39 is 34.0 Å². The Hall–Kier alpha value is -1.94. The topological polar surface area (TPSA) is 139 Å². The number of sulfonamides is 1. The van der Waals surface area contributed by atoms with E-state index in [1.165, 1.54) is 20.8 Å². The van der Waals surface area contributed by atoms with Gasteiger partial charge in [0.1, 0.15) is 16.6 Å². The van der Waals surface area contributed by atoms with Crippen LogP contribution in [0.15, 0.2) is 9.42 Å². The Morgan fingerprint density at radius 1 is 1.25 bits per heavy atom. The van der Waals surface area contributed by atoms with Crippen molar-refractivity contribution in [1.82, 2.24) is 15.2 Å². The van der Waals surface area contributed by atoms with Gasteiger partial charge in [-0.1, -0.05) is 19.0 Å². The van der Waals surface area contributed by atoms with Gasteiger partial charge in [0.25, 0.3) is 0 Å². The second-order valence-corrected chi connectivity index (χ2v) is 7.68. The molecule has 0 aromatic carbocycles. The average molecular weight is 361 g/mol. The van der Waals surface area contributed by atoms with Crippen molar-refractivity contribution >= 4 is 21.9 Å². The normalized spacial score (nSPS) is 14.4. The van der Waals surface area contributed by atoms with Gasteiger partial charge in [-0.3, -0.25) is 4.79 Å². The van der Waals surface area contributed by atoms with E-state index in [2.05, 4.69) is 15.2 Å². The zero-order chi connectivity index (χ0) is 18.7. The van der Waals surface area contributed by atoms with Crippen LogP contribution in [0.3, 0.4) is 0 Å². The second kappa shape index (κ2) is 7.75. The molecule has 0 aliphatic heterocycles. The van der Waals surface area contributed by atoms with Gasteiger partial charge in [0.05, 0.1) is 6.04 Å². The number of rotatable bonds is 8. The van der Waals surface area contributed by atoms with Crippen molar-refractivity contribution in [2.75, 3.05) is 0 Å². The molecular formula is C14H23N3O6S. The first-order valence-corrected chi connectivity index (χ1v) is 8.92. The largest absolute Gasteiger partial charge is 0.480 e. The van der Waals surface area contributed by atoms with Crippen molar-refractivity contribution in [1.29, 1.82) is 0 Å². The number of carbonyl (C=O) groups excluding carboxylic acids is 1. The number of carboxylic acid groups (broad SMARTS) is 1. The first-order valence-electron chi connectivity index (χ1n) is 7.44. The Kier molecular flexibility index (Phi) is 6.50. The molecule has 0 spiro atoms. The molecule has 136 valence electrons. The summed E-state index contributed by atoms with van der Waals surface area (Å²) in [6.07, 6.45) is 0.240. The van der Waals surface area contributed by atoms with Crippen molar-refractivity contribution in [3.8, 4) is 0 Å². The van der Waals surface area contributed by atoms with Crippen LogP contribution in [0.2, 0.25) is 0 Å². The van der Waals surface area contributed by atoms with Crippen LogP contribution in [-0.2, 0) is 19.6 Å². The first-order chi connectivity index (χ1) is 11.0. The molecule has 2 atom stereocenters. The lowest BCUT2D eigenvalue weighted by atomic mass is 10.0. The van der Waals surface area contributed by atoms with E-state index >= 15 is 0 Å². The summed E-state index contributed by atoms with van der Waals surface area (Å²) in [5.41, 5.74) is 0.177. The zero-order valence-corrected chi connectivity index (χ0v) is 15.1. The smallest absolute Gasteiger partial charge is 0.326 e. The lowest BCUT2D eigenvalue weighted by Gasteiger charge is -2.20. The van der Waals surface area contributed by atoms with E-state index in [9.17, 15) is 18.0 Å². The molecule has 1 unspecified atom stereocenters. The molecule has 0 radical (unpaired) electrons. The highest BCUT2D eigenvalue weighted by Crippen LogP contribution is 2.18. The molecule has 0 saturated carbocycles. The number of aliphatic carboxylic acids is 1. The number of hydrogen-bond acceptors (Lipinski definition) is 6. The van der Waals surface area contributed by atoms with Gasteiger partial charge in [0.2, 0.25) is 15.9 Å². The fraction of sp³-hybridized carbons (Fsp3) is 0.643. The van der Waals surface area contributed by atoms with Gasteiger partial charge < -0.3 is 14.9 Å². The lowest BCUT2D eigenvalue weighted by molar-refractivity contribution is -0.142. The highest BCUT2D eigenvalue weighted by atomic mass is 32.2. The van der Waals surface area contributed by atoms with Gasteiger partial charge in [0, 0.05) is 0 Å². The number of amides is 1. The number of hydrogen-bond donors (Lipinski definition) is 3. The van der Waals surface area contributed by atoms with E-state index in [1.807, 2.05) is 13.8 Å².